The van der Waals surface area contributed by atoms with Crippen LogP contribution in [0.5, 0.6) is 5.75 Å². The van der Waals surface area contributed by atoms with Crippen molar-refractivity contribution in [2.75, 3.05) is 18.5 Å². The van der Waals surface area contributed by atoms with Gasteiger partial charge < -0.3 is 13.9 Å². The van der Waals surface area contributed by atoms with Gasteiger partial charge in [0.25, 0.3) is 0 Å². The molecule has 0 fully saturated rings. The van der Waals surface area contributed by atoms with Crippen LogP contribution < -0.4 is 5.63 Å². The van der Waals surface area contributed by atoms with Gasteiger partial charge in [-0.05, 0) is 42.5 Å². The fourth-order valence-corrected chi connectivity index (χ4v) is 14.0. The Bertz CT molecular complexity index is 2310. The molecule has 1 aliphatic carbocycles. The second-order valence-electron chi connectivity index (χ2n) is 14.2. The van der Waals surface area contributed by atoms with Crippen molar-refractivity contribution in [3.8, 4) is 28.2 Å². The number of rotatable bonds is 14. The zero-order chi connectivity index (χ0) is 37.1. The number of unbranched alkanes of at least 4 members (excludes halogenated alkanes) is 3. The van der Waals surface area contributed by atoms with E-state index in [-0.39, 0.29) is 34.3 Å². The van der Waals surface area contributed by atoms with E-state index in [1.807, 2.05) is 66.7 Å². The molecule has 1 aliphatic rings. The van der Waals surface area contributed by atoms with Crippen LogP contribution in [0.4, 0.5) is 0 Å². The van der Waals surface area contributed by atoms with Crippen molar-refractivity contribution in [3.63, 3.8) is 0 Å². The number of aromatic hydroxyl groups is 1. The van der Waals surface area contributed by atoms with E-state index >= 15 is 0 Å². The normalized spacial score (nSPS) is 13.3. The summed E-state index contributed by atoms with van der Waals surface area (Å²) >= 11 is 0. The molecule has 2 heterocycles. The van der Waals surface area contributed by atoms with Gasteiger partial charge in [-0.25, -0.2) is 4.79 Å². The lowest BCUT2D eigenvalue weighted by Gasteiger charge is -2.36. The van der Waals surface area contributed by atoms with Gasteiger partial charge in [0, 0.05) is 29.5 Å². The van der Waals surface area contributed by atoms with Gasteiger partial charge in [-0.2, -0.15) is 0 Å². The van der Waals surface area contributed by atoms with E-state index in [1.165, 1.54) is 0 Å². The molecule has 0 saturated heterocycles. The molecule has 6 nitrogen and oxygen atoms in total. The summed E-state index contributed by atoms with van der Waals surface area (Å²) in [5.74, 6) is -0.0609. The van der Waals surface area contributed by atoms with Crippen molar-refractivity contribution in [1.82, 2.24) is 0 Å². The van der Waals surface area contributed by atoms with Gasteiger partial charge in [0.2, 0.25) is 5.78 Å². The summed E-state index contributed by atoms with van der Waals surface area (Å²) < 4.78 is 12.3. The maximum atomic E-state index is 14.2. The first-order chi connectivity index (χ1) is 25.8. The fourth-order valence-electron chi connectivity index (χ4n) is 8.13. The number of fused-ring (bicyclic) bond motifs is 3. The standard InChI is InChI=1S/C46H45O6P/c1-4-7-27-53(28-8-5-2,29-9-6-3)45(39-41(48)35-21-15-16-22-36(35)51-46(39)50)32-25-23-30(24-26-32)37-38-40(47)33-19-13-14-20-34(33)42(49)44(38)52-43(37)31-17-11-10-12-18-31/h10-26,45H,4-9,27-29H2,1-3H3/p+1. The van der Waals surface area contributed by atoms with Crippen LogP contribution in [0.3, 0.4) is 0 Å². The topological polar surface area (TPSA) is 97.7 Å². The Kier molecular flexibility index (Phi) is 10.6. The van der Waals surface area contributed by atoms with E-state index in [1.54, 1.807) is 36.4 Å². The predicted molar refractivity (Wildman–Crippen MR) is 215 cm³/mol. The van der Waals surface area contributed by atoms with Gasteiger partial charge in [0.05, 0.1) is 29.4 Å². The average Bonchev–Trinajstić information content (AvgIpc) is 3.60. The van der Waals surface area contributed by atoms with Crippen LogP contribution >= 0.6 is 7.26 Å². The Hall–Kier alpha value is -5.06. The zero-order valence-electron chi connectivity index (χ0n) is 30.7. The summed E-state index contributed by atoms with van der Waals surface area (Å²) in [5, 5.41) is 12.5. The zero-order valence-corrected chi connectivity index (χ0v) is 31.6. The van der Waals surface area contributed by atoms with E-state index < -0.39 is 12.9 Å². The smallest absolute Gasteiger partial charge is 0.347 e. The maximum Gasteiger partial charge on any atom is 0.347 e. The Labute approximate surface area is 311 Å². The number of furan rings is 1. The summed E-state index contributed by atoms with van der Waals surface area (Å²) in [7, 11) is -1.97. The number of benzene rings is 4. The van der Waals surface area contributed by atoms with Gasteiger partial charge in [0.15, 0.2) is 11.5 Å². The third-order valence-electron chi connectivity index (χ3n) is 10.8. The van der Waals surface area contributed by atoms with Crippen molar-refractivity contribution >= 4 is 29.8 Å². The number of ketones is 2. The maximum absolute atomic E-state index is 14.2. The molecular formula is C46H46O6P+. The van der Waals surface area contributed by atoms with E-state index in [9.17, 15) is 19.5 Å². The first kappa shape index (κ1) is 36.3. The van der Waals surface area contributed by atoms with Gasteiger partial charge in [-0.15, -0.1) is 0 Å². The van der Waals surface area contributed by atoms with Crippen molar-refractivity contribution in [3.05, 3.63) is 147 Å². The molecule has 1 atom stereocenters. The van der Waals surface area contributed by atoms with Crippen molar-refractivity contribution in [1.29, 1.82) is 0 Å². The number of carbonyl (C=O) groups excluding carboxylic acids is 2. The van der Waals surface area contributed by atoms with Crippen LogP contribution in [0.1, 0.15) is 108 Å². The molecule has 2 aromatic heterocycles. The third kappa shape index (κ3) is 6.59. The summed E-state index contributed by atoms with van der Waals surface area (Å²) in [6.07, 6.45) is 9.23. The van der Waals surface area contributed by atoms with Crippen molar-refractivity contribution in [2.45, 2.75) is 65.0 Å². The van der Waals surface area contributed by atoms with Crippen molar-refractivity contribution < 1.29 is 23.5 Å². The summed E-state index contributed by atoms with van der Waals surface area (Å²) in [6, 6.07) is 31.7. The van der Waals surface area contributed by atoms with Crippen LogP contribution in [-0.4, -0.2) is 35.2 Å². The SMILES string of the molecule is CCCC[P+](CCCC)(CCCC)C(c1ccc(-c2c(-c3ccccc3)oc3c2C(=O)c2ccccc2C3=O)cc1)c1c(O)c2ccccc2oc1=O. The minimum Gasteiger partial charge on any atom is -0.506 e. The van der Waals surface area contributed by atoms with Crippen LogP contribution in [-0.2, 0) is 0 Å². The van der Waals surface area contributed by atoms with Gasteiger partial charge >= 0.3 is 5.63 Å². The van der Waals surface area contributed by atoms with Gasteiger partial charge in [0.1, 0.15) is 28.3 Å². The summed E-state index contributed by atoms with van der Waals surface area (Å²) in [5.41, 5.74) is 3.82. The molecule has 7 heteroatoms. The van der Waals surface area contributed by atoms with Crippen molar-refractivity contribution in [2.24, 2.45) is 0 Å². The van der Waals surface area contributed by atoms with E-state index in [0.29, 0.717) is 39.0 Å². The van der Waals surface area contributed by atoms with Crippen LogP contribution in [0.15, 0.2) is 117 Å². The molecule has 7 rings (SSSR count). The molecule has 0 saturated carbocycles. The Morgan fingerprint density at radius 1 is 0.585 bits per heavy atom. The Morgan fingerprint density at radius 3 is 1.77 bits per heavy atom. The number of carbonyl (C=O) groups is 2. The largest absolute Gasteiger partial charge is 0.506 e. The van der Waals surface area contributed by atoms with Crippen LogP contribution in [0.2, 0.25) is 0 Å². The molecule has 0 amide bonds. The molecule has 6 aromatic rings. The highest BCUT2D eigenvalue weighted by atomic mass is 31.2. The summed E-state index contributed by atoms with van der Waals surface area (Å²) in [4.78, 5) is 42.1. The molecule has 270 valence electrons. The van der Waals surface area contributed by atoms with Crippen LogP contribution in [0, 0.1) is 0 Å². The molecule has 0 bridgehead atoms. The molecular weight excluding hydrogens is 679 g/mol. The summed E-state index contributed by atoms with van der Waals surface area (Å²) in [6.45, 7) is 6.63. The monoisotopic (exact) mass is 725 g/mol. The number of hydrogen-bond donors (Lipinski definition) is 1. The lowest BCUT2D eigenvalue weighted by Crippen LogP contribution is -2.23. The Morgan fingerprint density at radius 2 is 1.15 bits per heavy atom. The molecule has 1 unspecified atom stereocenters. The lowest BCUT2D eigenvalue weighted by atomic mass is 9.84. The van der Waals surface area contributed by atoms with E-state index in [4.69, 9.17) is 8.83 Å². The first-order valence-electron chi connectivity index (χ1n) is 18.9. The minimum absolute atomic E-state index is 0.00200. The first-order valence-corrected chi connectivity index (χ1v) is 21.4. The molecule has 0 aliphatic heterocycles. The Balaban J connectivity index is 1.45. The highest BCUT2D eigenvalue weighted by Gasteiger charge is 2.49. The second-order valence-corrected chi connectivity index (χ2v) is 18.5. The number of para-hydroxylation sites is 1. The highest BCUT2D eigenvalue weighted by Crippen LogP contribution is 2.73. The quantitative estimate of drug-likeness (QED) is 0.0885. The average molecular weight is 726 g/mol. The van der Waals surface area contributed by atoms with E-state index in [2.05, 4.69) is 20.8 Å². The molecule has 0 radical (unpaired) electrons. The predicted octanol–water partition coefficient (Wildman–Crippen LogP) is 11.7. The fraction of sp³-hybridized carbons (Fsp3) is 0.283. The molecule has 0 spiro atoms. The molecule has 4 aromatic carbocycles. The number of hydrogen-bond acceptors (Lipinski definition) is 6. The molecule has 53 heavy (non-hydrogen) atoms. The third-order valence-corrected chi connectivity index (χ3v) is 16.1. The lowest BCUT2D eigenvalue weighted by molar-refractivity contribution is 0.0961. The molecule has 1 N–H and O–H groups in total. The van der Waals surface area contributed by atoms with Crippen LogP contribution in [0.25, 0.3) is 33.4 Å². The second kappa shape index (κ2) is 15.5. The van der Waals surface area contributed by atoms with E-state index in [0.717, 1.165) is 73.7 Å². The minimum atomic E-state index is -1.97. The highest BCUT2D eigenvalue weighted by molar-refractivity contribution is 7.76. The van der Waals surface area contributed by atoms with Gasteiger partial charge in [-0.1, -0.05) is 131 Å². The van der Waals surface area contributed by atoms with Gasteiger partial charge in [-0.3, -0.25) is 9.59 Å².